The Balaban J connectivity index is 3.32. The average Bonchev–Trinajstić information content (AvgIpc) is 2.68. The second-order valence-corrected chi connectivity index (χ2v) is 8.45. The van der Waals surface area contributed by atoms with Gasteiger partial charge >= 0.3 is 11.9 Å². The molecule has 4 amide bonds. The summed E-state index contributed by atoms with van der Waals surface area (Å²) in [7, 11) is 0. The standard InChI is InChI=1S/C20H32N4O8/c1-9(2)15-19(31)21-12(6-8-14(27)28)18(30)24-16(10(3)4)20(32)22-11(17(29)23-15)5-7-13(25)26/h9-12,15-16H,5-8H2,1-4H3,(H,21,31)(H,22,32)(H,23,29)(H,24,30)(H,25,26)(H,27,28). The molecule has 0 radical (unpaired) electrons. The van der Waals surface area contributed by atoms with Gasteiger partial charge in [0.2, 0.25) is 23.6 Å². The van der Waals surface area contributed by atoms with Crippen molar-refractivity contribution in [3.8, 4) is 0 Å². The van der Waals surface area contributed by atoms with Crippen molar-refractivity contribution in [2.75, 3.05) is 0 Å². The molecule has 6 N–H and O–H groups in total. The molecular formula is C20H32N4O8. The Hall–Kier alpha value is -3.18. The first-order chi connectivity index (χ1) is 14.8. The maximum atomic E-state index is 12.8. The van der Waals surface area contributed by atoms with E-state index in [4.69, 9.17) is 10.2 Å². The van der Waals surface area contributed by atoms with Gasteiger partial charge < -0.3 is 31.5 Å². The molecule has 0 spiro atoms. The molecule has 0 aromatic carbocycles. The van der Waals surface area contributed by atoms with E-state index < -0.39 is 84.4 Å². The highest BCUT2D eigenvalue weighted by molar-refractivity contribution is 5.97. The minimum absolute atomic E-state index is 0.209. The van der Waals surface area contributed by atoms with Gasteiger partial charge in [-0.05, 0) is 24.7 Å². The van der Waals surface area contributed by atoms with Crippen LogP contribution in [0.25, 0.3) is 0 Å². The van der Waals surface area contributed by atoms with Gasteiger partial charge in [0.1, 0.15) is 24.2 Å². The van der Waals surface area contributed by atoms with Gasteiger partial charge in [-0.15, -0.1) is 0 Å². The Kier molecular flexibility index (Phi) is 10.1. The van der Waals surface area contributed by atoms with Crippen LogP contribution in [0.5, 0.6) is 0 Å². The third-order valence-electron chi connectivity index (χ3n) is 5.05. The van der Waals surface area contributed by atoms with Gasteiger partial charge in [0.05, 0.1) is 0 Å². The molecule has 0 aromatic heterocycles. The van der Waals surface area contributed by atoms with E-state index in [1.807, 2.05) is 0 Å². The van der Waals surface area contributed by atoms with Gasteiger partial charge in [0, 0.05) is 12.8 Å². The molecule has 1 fully saturated rings. The zero-order valence-electron chi connectivity index (χ0n) is 18.6. The number of aliphatic carboxylic acids is 2. The number of amides is 4. The molecule has 1 aliphatic rings. The molecular weight excluding hydrogens is 424 g/mol. The monoisotopic (exact) mass is 456 g/mol. The molecule has 1 aliphatic heterocycles. The van der Waals surface area contributed by atoms with Crippen molar-refractivity contribution in [3.05, 3.63) is 0 Å². The van der Waals surface area contributed by atoms with Gasteiger partial charge in [-0.1, -0.05) is 27.7 Å². The van der Waals surface area contributed by atoms with Crippen LogP contribution in [-0.2, 0) is 28.8 Å². The zero-order chi connectivity index (χ0) is 24.6. The molecule has 180 valence electrons. The Morgan fingerprint density at radius 2 is 0.969 bits per heavy atom. The summed E-state index contributed by atoms with van der Waals surface area (Å²) >= 11 is 0. The maximum Gasteiger partial charge on any atom is 0.303 e. The van der Waals surface area contributed by atoms with Crippen LogP contribution < -0.4 is 21.3 Å². The third-order valence-corrected chi connectivity index (χ3v) is 5.05. The number of hydrogen-bond acceptors (Lipinski definition) is 6. The van der Waals surface area contributed by atoms with Crippen molar-refractivity contribution < 1.29 is 39.0 Å². The van der Waals surface area contributed by atoms with Gasteiger partial charge in [-0.25, -0.2) is 0 Å². The normalized spacial score (nSPS) is 25.2. The Labute approximate surface area is 185 Å². The van der Waals surface area contributed by atoms with Crippen LogP contribution >= 0.6 is 0 Å². The van der Waals surface area contributed by atoms with Crippen molar-refractivity contribution in [3.63, 3.8) is 0 Å². The minimum Gasteiger partial charge on any atom is -0.481 e. The molecule has 0 bridgehead atoms. The lowest BCUT2D eigenvalue weighted by molar-refractivity contribution is -0.140. The first-order valence-electron chi connectivity index (χ1n) is 10.5. The van der Waals surface area contributed by atoms with E-state index >= 15 is 0 Å². The summed E-state index contributed by atoms with van der Waals surface area (Å²) < 4.78 is 0. The van der Waals surface area contributed by atoms with Crippen molar-refractivity contribution >= 4 is 35.6 Å². The van der Waals surface area contributed by atoms with Crippen molar-refractivity contribution in [1.82, 2.24) is 21.3 Å². The van der Waals surface area contributed by atoms with E-state index in [1.165, 1.54) is 0 Å². The summed E-state index contributed by atoms with van der Waals surface area (Å²) in [5.74, 6) is -5.99. The van der Waals surface area contributed by atoms with E-state index in [1.54, 1.807) is 27.7 Å². The summed E-state index contributed by atoms with van der Waals surface area (Å²) in [5.41, 5.74) is 0. The van der Waals surface area contributed by atoms with E-state index in [0.29, 0.717) is 0 Å². The molecule has 12 heteroatoms. The summed E-state index contributed by atoms with van der Waals surface area (Å²) in [5, 5.41) is 27.9. The van der Waals surface area contributed by atoms with Crippen LogP contribution in [0.3, 0.4) is 0 Å². The van der Waals surface area contributed by atoms with E-state index in [-0.39, 0.29) is 12.8 Å². The fourth-order valence-electron chi connectivity index (χ4n) is 3.17. The number of carbonyl (C=O) groups excluding carboxylic acids is 4. The second kappa shape index (κ2) is 12.0. The predicted octanol–water partition coefficient (Wildman–Crippen LogP) is -1.02. The van der Waals surface area contributed by atoms with Gasteiger partial charge in [0.15, 0.2) is 0 Å². The SMILES string of the molecule is CC(C)C1NC(=O)C(CCC(=O)O)NC(=O)C(C(C)C)NC(=O)C(CCC(=O)O)NC1=O. The van der Waals surface area contributed by atoms with Crippen molar-refractivity contribution in [2.45, 2.75) is 77.5 Å². The van der Waals surface area contributed by atoms with E-state index in [0.717, 1.165) is 0 Å². The number of rotatable bonds is 8. The Morgan fingerprint density at radius 1 is 0.656 bits per heavy atom. The Morgan fingerprint density at radius 3 is 1.22 bits per heavy atom. The smallest absolute Gasteiger partial charge is 0.303 e. The van der Waals surface area contributed by atoms with Gasteiger partial charge in [-0.3, -0.25) is 28.8 Å². The fourth-order valence-corrected chi connectivity index (χ4v) is 3.17. The molecule has 12 nitrogen and oxygen atoms in total. The van der Waals surface area contributed by atoms with Crippen LogP contribution in [0.2, 0.25) is 0 Å². The van der Waals surface area contributed by atoms with Crippen molar-refractivity contribution in [2.24, 2.45) is 11.8 Å². The quantitative estimate of drug-likeness (QED) is 0.267. The summed E-state index contributed by atoms with van der Waals surface area (Å²) in [6.45, 7) is 6.62. The molecule has 0 aromatic rings. The largest absolute Gasteiger partial charge is 0.481 e. The fraction of sp³-hybridized carbons (Fsp3) is 0.700. The van der Waals surface area contributed by atoms with E-state index in [2.05, 4.69) is 21.3 Å². The first-order valence-corrected chi connectivity index (χ1v) is 10.5. The van der Waals surface area contributed by atoms with Crippen LogP contribution in [0.4, 0.5) is 0 Å². The number of nitrogens with one attached hydrogen (secondary N) is 4. The molecule has 32 heavy (non-hydrogen) atoms. The lowest BCUT2D eigenvalue weighted by atomic mass is 9.98. The van der Waals surface area contributed by atoms with Crippen molar-refractivity contribution in [1.29, 1.82) is 0 Å². The highest BCUT2D eigenvalue weighted by Gasteiger charge is 2.36. The molecule has 0 saturated carbocycles. The summed E-state index contributed by atoms with van der Waals surface area (Å²) in [6.07, 6.45) is -1.21. The lowest BCUT2D eigenvalue weighted by Gasteiger charge is -2.31. The molecule has 4 unspecified atom stereocenters. The zero-order valence-corrected chi connectivity index (χ0v) is 18.6. The lowest BCUT2D eigenvalue weighted by Crippen LogP contribution is -2.63. The van der Waals surface area contributed by atoms with Crippen LogP contribution in [0, 0.1) is 11.8 Å². The summed E-state index contributed by atoms with van der Waals surface area (Å²) in [4.78, 5) is 73.3. The second-order valence-electron chi connectivity index (χ2n) is 8.45. The highest BCUT2D eigenvalue weighted by Crippen LogP contribution is 2.11. The van der Waals surface area contributed by atoms with Gasteiger partial charge in [-0.2, -0.15) is 0 Å². The molecule has 1 heterocycles. The van der Waals surface area contributed by atoms with Crippen LogP contribution in [0.15, 0.2) is 0 Å². The average molecular weight is 456 g/mol. The number of hydrogen-bond donors (Lipinski definition) is 6. The minimum atomic E-state index is -1.23. The number of carboxylic acids is 2. The van der Waals surface area contributed by atoms with E-state index in [9.17, 15) is 28.8 Å². The predicted molar refractivity (Wildman–Crippen MR) is 111 cm³/mol. The first kappa shape index (κ1) is 26.9. The molecule has 1 saturated heterocycles. The third kappa shape index (κ3) is 8.16. The maximum absolute atomic E-state index is 12.8. The number of carbonyl (C=O) groups is 6. The molecule has 1 rings (SSSR count). The van der Waals surface area contributed by atoms with Crippen LogP contribution in [0.1, 0.15) is 53.4 Å². The highest BCUT2D eigenvalue weighted by atomic mass is 16.4. The topological polar surface area (TPSA) is 191 Å². The Bertz CT molecular complexity index is 690. The molecule has 4 atom stereocenters. The van der Waals surface area contributed by atoms with Crippen LogP contribution in [-0.4, -0.2) is 69.9 Å². The summed E-state index contributed by atoms with van der Waals surface area (Å²) in [6, 6.07) is -4.64. The number of carboxylic acid groups (broad SMARTS) is 2. The molecule has 0 aliphatic carbocycles. The van der Waals surface area contributed by atoms with Gasteiger partial charge in [0.25, 0.3) is 0 Å².